The molecule has 0 bridgehead atoms. The molecule has 0 radical (unpaired) electrons. The number of benzene rings is 3. The summed E-state index contributed by atoms with van der Waals surface area (Å²) in [5.41, 5.74) is 0.253. The van der Waals surface area contributed by atoms with Crippen LogP contribution in [0.2, 0.25) is 5.04 Å². The standard InChI is InChI=1S/C34H45NO4Si/c1-33(2,3)38-32(37)35-23-22-28(24-27(35)25-31(36)26-16-10-7-11-17-26)39-40(34(4,5)6,29-18-12-8-13-19-29)30-20-14-9-15-21-30/h7-21,27-28,31,36H,22-25H2,1-6H3/t27-,28+,31-/m0/s1. The molecule has 40 heavy (non-hydrogen) atoms. The van der Waals surface area contributed by atoms with Crippen molar-refractivity contribution < 1.29 is 19.1 Å². The van der Waals surface area contributed by atoms with Crippen molar-refractivity contribution in [1.29, 1.82) is 0 Å². The van der Waals surface area contributed by atoms with Gasteiger partial charge in [-0.2, -0.15) is 0 Å². The molecule has 0 saturated carbocycles. The van der Waals surface area contributed by atoms with E-state index < -0.39 is 20.0 Å². The lowest BCUT2D eigenvalue weighted by Gasteiger charge is -2.48. The minimum atomic E-state index is -2.75. The second kappa shape index (κ2) is 12.3. The Morgan fingerprint density at radius 1 is 0.875 bits per heavy atom. The highest BCUT2D eigenvalue weighted by atomic mass is 28.4. The summed E-state index contributed by atoms with van der Waals surface area (Å²) >= 11 is 0. The van der Waals surface area contributed by atoms with Crippen molar-refractivity contribution in [3.8, 4) is 0 Å². The van der Waals surface area contributed by atoms with Crippen LogP contribution in [0.5, 0.6) is 0 Å². The zero-order valence-electron chi connectivity index (χ0n) is 24.8. The normalized spacial score (nSPS) is 19.2. The zero-order valence-corrected chi connectivity index (χ0v) is 25.8. The van der Waals surface area contributed by atoms with Gasteiger partial charge in [-0.1, -0.05) is 112 Å². The molecule has 1 aliphatic heterocycles. The number of hydrogen-bond acceptors (Lipinski definition) is 4. The highest BCUT2D eigenvalue weighted by molar-refractivity contribution is 6.99. The molecule has 1 fully saturated rings. The number of nitrogens with zero attached hydrogens (tertiary/aromatic N) is 1. The lowest BCUT2D eigenvalue weighted by atomic mass is 9.93. The SMILES string of the molecule is CC(C)(C)OC(=O)N1CC[C@@H](O[Si](c2ccccc2)(c2ccccc2)C(C)(C)C)C[C@H]1C[C@H](O)c1ccccc1. The molecule has 0 spiro atoms. The van der Waals surface area contributed by atoms with E-state index in [0.29, 0.717) is 25.8 Å². The Bertz CT molecular complexity index is 1180. The number of carbonyl (C=O) groups is 1. The molecule has 3 aromatic carbocycles. The second-order valence-electron chi connectivity index (χ2n) is 12.9. The predicted octanol–water partition coefficient (Wildman–Crippen LogP) is 6.45. The average molecular weight is 560 g/mol. The fraction of sp³-hybridized carbons (Fsp3) is 0.441. The van der Waals surface area contributed by atoms with Gasteiger partial charge < -0.3 is 19.2 Å². The van der Waals surface area contributed by atoms with Crippen LogP contribution in [0.4, 0.5) is 4.79 Å². The van der Waals surface area contributed by atoms with Gasteiger partial charge in [-0.25, -0.2) is 4.79 Å². The van der Waals surface area contributed by atoms with E-state index in [9.17, 15) is 9.90 Å². The van der Waals surface area contributed by atoms with Crippen molar-refractivity contribution in [3.63, 3.8) is 0 Å². The topological polar surface area (TPSA) is 59.0 Å². The van der Waals surface area contributed by atoms with E-state index in [0.717, 1.165) is 5.56 Å². The van der Waals surface area contributed by atoms with Gasteiger partial charge >= 0.3 is 6.09 Å². The fourth-order valence-corrected chi connectivity index (χ4v) is 10.6. The van der Waals surface area contributed by atoms with Gasteiger partial charge in [0.05, 0.1) is 6.10 Å². The molecule has 1 aliphatic rings. The Labute approximate surface area is 241 Å². The van der Waals surface area contributed by atoms with Crippen molar-refractivity contribution in [2.24, 2.45) is 0 Å². The van der Waals surface area contributed by atoms with Crippen LogP contribution >= 0.6 is 0 Å². The summed E-state index contributed by atoms with van der Waals surface area (Å²) in [5, 5.41) is 13.5. The molecule has 1 amide bonds. The van der Waals surface area contributed by atoms with Gasteiger partial charge in [0.15, 0.2) is 0 Å². The van der Waals surface area contributed by atoms with Gasteiger partial charge in [0.2, 0.25) is 0 Å². The molecule has 1 saturated heterocycles. The van der Waals surface area contributed by atoms with Crippen LogP contribution < -0.4 is 10.4 Å². The summed E-state index contributed by atoms with van der Waals surface area (Å²) in [6.07, 6.45) is 0.668. The number of amides is 1. The first-order valence-corrected chi connectivity index (χ1v) is 16.3. The molecule has 4 rings (SSSR count). The number of aliphatic hydroxyl groups is 1. The minimum Gasteiger partial charge on any atom is -0.444 e. The van der Waals surface area contributed by atoms with E-state index in [1.54, 1.807) is 0 Å². The van der Waals surface area contributed by atoms with E-state index in [2.05, 4.69) is 81.4 Å². The summed E-state index contributed by atoms with van der Waals surface area (Å²) in [6.45, 7) is 13.0. The van der Waals surface area contributed by atoms with Crippen LogP contribution in [0.3, 0.4) is 0 Å². The van der Waals surface area contributed by atoms with Crippen LogP contribution in [-0.2, 0) is 9.16 Å². The highest BCUT2D eigenvalue weighted by Gasteiger charge is 2.52. The Morgan fingerprint density at radius 3 is 1.85 bits per heavy atom. The molecular formula is C34H45NO4Si. The number of aliphatic hydroxyl groups excluding tert-OH is 1. The van der Waals surface area contributed by atoms with Crippen LogP contribution in [0, 0.1) is 0 Å². The zero-order chi connectivity index (χ0) is 29.0. The fourth-order valence-electron chi connectivity index (χ4n) is 5.92. The average Bonchev–Trinajstić information content (AvgIpc) is 2.91. The van der Waals surface area contributed by atoms with E-state index in [4.69, 9.17) is 9.16 Å². The third-order valence-corrected chi connectivity index (χ3v) is 12.8. The van der Waals surface area contributed by atoms with Gasteiger partial charge in [0, 0.05) is 18.7 Å². The Hall–Kier alpha value is -2.93. The maximum absolute atomic E-state index is 13.3. The molecule has 0 aromatic heterocycles. The molecule has 1 N–H and O–H groups in total. The summed E-state index contributed by atoms with van der Waals surface area (Å²) in [5.74, 6) is 0. The number of rotatable bonds is 7. The number of carbonyl (C=O) groups excluding carboxylic acids is 1. The maximum atomic E-state index is 13.3. The lowest BCUT2D eigenvalue weighted by molar-refractivity contribution is -0.0148. The van der Waals surface area contributed by atoms with E-state index in [-0.39, 0.29) is 23.3 Å². The molecule has 6 heteroatoms. The molecule has 3 atom stereocenters. The van der Waals surface area contributed by atoms with E-state index >= 15 is 0 Å². The minimum absolute atomic E-state index is 0.0713. The third-order valence-electron chi connectivity index (χ3n) is 7.74. The van der Waals surface area contributed by atoms with Gasteiger partial charge in [-0.15, -0.1) is 0 Å². The maximum Gasteiger partial charge on any atom is 0.410 e. The van der Waals surface area contributed by atoms with Crippen molar-refractivity contribution in [1.82, 2.24) is 4.90 Å². The summed E-state index contributed by atoms with van der Waals surface area (Å²) in [7, 11) is -2.75. The van der Waals surface area contributed by atoms with Crippen molar-refractivity contribution in [3.05, 3.63) is 96.6 Å². The monoisotopic (exact) mass is 559 g/mol. The summed E-state index contributed by atoms with van der Waals surface area (Å²) < 4.78 is 13.2. The molecule has 0 aliphatic carbocycles. The third kappa shape index (κ3) is 6.85. The molecule has 1 heterocycles. The summed E-state index contributed by atoms with van der Waals surface area (Å²) in [6, 6.07) is 30.8. The molecule has 0 unspecified atom stereocenters. The Kier molecular flexibility index (Phi) is 9.23. The van der Waals surface area contributed by atoms with Gasteiger partial charge in [0.1, 0.15) is 5.60 Å². The van der Waals surface area contributed by atoms with Crippen LogP contribution in [0.1, 0.15) is 72.5 Å². The molecule has 3 aromatic rings. The van der Waals surface area contributed by atoms with Crippen molar-refractivity contribution in [2.75, 3.05) is 6.54 Å². The second-order valence-corrected chi connectivity index (χ2v) is 17.2. The van der Waals surface area contributed by atoms with Gasteiger partial charge in [0.25, 0.3) is 8.32 Å². The largest absolute Gasteiger partial charge is 0.444 e. The van der Waals surface area contributed by atoms with Crippen molar-refractivity contribution in [2.45, 2.75) is 89.7 Å². The Morgan fingerprint density at radius 2 is 1.38 bits per heavy atom. The van der Waals surface area contributed by atoms with Crippen LogP contribution in [-0.4, -0.2) is 48.7 Å². The van der Waals surface area contributed by atoms with Crippen LogP contribution in [0.25, 0.3) is 0 Å². The molecule has 5 nitrogen and oxygen atoms in total. The first-order chi connectivity index (χ1) is 18.9. The molecule has 214 valence electrons. The first kappa shape index (κ1) is 30.0. The van der Waals surface area contributed by atoms with Gasteiger partial charge in [-0.05, 0) is 61.0 Å². The number of hydrogen-bond donors (Lipinski definition) is 1. The summed E-state index contributed by atoms with van der Waals surface area (Å²) in [4.78, 5) is 15.1. The predicted molar refractivity (Wildman–Crippen MR) is 164 cm³/mol. The lowest BCUT2D eigenvalue weighted by Crippen LogP contribution is -2.68. The highest BCUT2D eigenvalue weighted by Crippen LogP contribution is 2.40. The number of ether oxygens (including phenoxy) is 1. The number of piperidine rings is 1. The Balaban J connectivity index is 1.69. The smallest absolute Gasteiger partial charge is 0.410 e. The van der Waals surface area contributed by atoms with Gasteiger partial charge in [-0.3, -0.25) is 0 Å². The number of likely N-dealkylation sites (tertiary alicyclic amines) is 1. The van der Waals surface area contributed by atoms with Crippen molar-refractivity contribution >= 4 is 24.8 Å². The first-order valence-electron chi connectivity index (χ1n) is 14.4. The quantitative estimate of drug-likeness (QED) is 0.338. The van der Waals surface area contributed by atoms with E-state index in [1.807, 2.05) is 56.0 Å². The molecular weight excluding hydrogens is 514 g/mol. The van der Waals surface area contributed by atoms with Crippen LogP contribution in [0.15, 0.2) is 91.0 Å². The van der Waals surface area contributed by atoms with E-state index in [1.165, 1.54) is 10.4 Å².